The number of carbonyl (C=O) groups is 3. The molecule has 9 nitrogen and oxygen atoms in total. The minimum atomic E-state index is -0.266. The van der Waals surface area contributed by atoms with Crippen LogP contribution in [0.2, 0.25) is 0 Å². The fourth-order valence-electron chi connectivity index (χ4n) is 4.97. The fraction of sp³-hybridized carbons (Fsp3) is 0.367. The molecule has 0 saturated heterocycles. The molecule has 10 heteroatoms. The van der Waals surface area contributed by atoms with Crippen LogP contribution in [0.3, 0.4) is 0 Å². The van der Waals surface area contributed by atoms with Gasteiger partial charge in [-0.3, -0.25) is 14.4 Å². The van der Waals surface area contributed by atoms with Crippen LogP contribution in [-0.2, 0) is 16.0 Å². The van der Waals surface area contributed by atoms with Crippen molar-refractivity contribution >= 4 is 34.7 Å². The Bertz CT molecular complexity index is 1400. The van der Waals surface area contributed by atoms with Crippen molar-refractivity contribution in [3.63, 3.8) is 0 Å². The summed E-state index contributed by atoms with van der Waals surface area (Å²) in [4.78, 5) is 42.0. The van der Waals surface area contributed by atoms with Crippen LogP contribution in [0, 0.1) is 0 Å². The van der Waals surface area contributed by atoms with Crippen molar-refractivity contribution in [2.75, 3.05) is 45.3 Å². The van der Waals surface area contributed by atoms with Gasteiger partial charge in [0.2, 0.25) is 11.8 Å². The Morgan fingerprint density at radius 2 is 1.95 bits per heavy atom. The first-order valence-corrected chi connectivity index (χ1v) is 14.3. The molecule has 3 amide bonds. The molecular formula is C30H33N3O6S. The largest absolute Gasteiger partial charge is 0.493 e. The first kappa shape index (κ1) is 27.5. The van der Waals surface area contributed by atoms with Gasteiger partial charge in [0, 0.05) is 35.5 Å². The third-order valence-corrected chi connectivity index (χ3v) is 8.24. The number of carbonyl (C=O) groups excluding carboxylic acids is 3. The second-order valence-electron chi connectivity index (χ2n) is 9.71. The second-order valence-corrected chi connectivity index (χ2v) is 10.9. The van der Waals surface area contributed by atoms with Gasteiger partial charge in [0.25, 0.3) is 5.91 Å². The van der Waals surface area contributed by atoms with Crippen molar-refractivity contribution < 1.29 is 28.6 Å². The Labute approximate surface area is 237 Å². The Kier molecular flexibility index (Phi) is 8.54. The number of aryl methyl sites for hydroxylation is 1. The number of anilines is 1. The summed E-state index contributed by atoms with van der Waals surface area (Å²) in [7, 11) is 1.58. The molecule has 1 atom stereocenters. The van der Waals surface area contributed by atoms with Crippen LogP contribution >= 0.6 is 11.3 Å². The first-order valence-electron chi connectivity index (χ1n) is 13.5. The van der Waals surface area contributed by atoms with E-state index in [1.807, 2.05) is 55.5 Å². The van der Waals surface area contributed by atoms with E-state index in [1.165, 1.54) is 11.3 Å². The third kappa shape index (κ3) is 6.22. The molecule has 0 aliphatic carbocycles. The third-order valence-electron chi connectivity index (χ3n) is 7.02. The average Bonchev–Trinajstić information content (AvgIpc) is 3.45. The smallest absolute Gasteiger partial charge is 0.264 e. The predicted molar refractivity (Wildman–Crippen MR) is 153 cm³/mol. The van der Waals surface area contributed by atoms with Gasteiger partial charge in [-0.2, -0.15) is 0 Å². The van der Waals surface area contributed by atoms with Gasteiger partial charge in [-0.1, -0.05) is 19.1 Å². The lowest BCUT2D eigenvalue weighted by Gasteiger charge is -2.27. The first-order chi connectivity index (χ1) is 19.4. The molecule has 6 rings (SSSR count). The Morgan fingerprint density at radius 3 is 2.75 bits per heavy atom. The fourth-order valence-corrected chi connectivity index (χ4v) is 5.89. The van der Waals surface area contributed by atoms with Gasteiger partial charge >= 0.3 is 0 Å². The molecule has 3 aliphatic rings. The second kappa shape index (κ2) is 12.4. The molecule has 2 N–H and O–H groups in total. The molecule has 0 radical (unpaired) electrons. The Hall–Kier alpha value is -4.05. The number of rotatable bonds is 3. The van der Waals surface area contributed by atoms with E-state index in [-0.39, 0.29) is 43.3 Å². The summed E-state index contributed by atoms with van der Waals surface area (Å²) in [6.45, 7) is 3.17. The van der Waals surface area contributed by atoms with E-state index in [0.29, 0.717) is 53.8 Å². The summed E-state index contributed by atoms with van der Waals surface area (Å²) in [6, 6.07) is 15.1. The van der Waals surface area contributed by atoms with Crippen LogP contribution in [0.25, 0.3) is 0 Å². The lowest BCUT2D eigenvalue weighted by atomic mass is 9.84. The number of nitrogens with zero attached hydrogens (tertiary/aromatic N) is 1. The van der Waals surface area contributed by atoms with Crippen LogP contribution in [0.5, 0.6) is 17.2 Å². The van der Waals surface area contributed by atoms with Crippen LogP contribution < -0.4 is 24.8 Å². The van der Waals surface area contributed by atoms with E-state index in [4.69, 9.17) is 14.2 Å². The van der Waals surface area contributed by atoms with Gasteiger partial charge in [0.1, 0.15) is 12.4 Å². The standard InChI is InChI=1S/C30H33N3O6S/c1-3-21-7-10-27(40-21)30(36)33-12-4-13-39-26-15-19(5-9-25(26)37-2)23-17-28(34)32-24-16-20(6-8-22(23)24)38-14-11-31-29(35)18-33/h5-10,15-16,23H,3-4,11-14,17-18H2,1-2H3,(H,31,35)(H,32,34). The number of methoxy groups -OCH3 is 1. The van der Waals surface area contributed by atoms with Crippen molar-refractivity contribution in [1.82, 2.24) is 10.2 Å². The minimum absolute atomic E-state index is 0.0659. The molecule has 1 unspecified atom stereocenters. The minimum Gasteiger partial charge on any atom is -0.493 e. The highest BCUT2D eigenvalue weighted by molar-refractivity contribution is 7.14. The lowest BCUT2D eigenvalue weighted by molar-refractivity contribution is -0.122. The Balaban J connectivity index is 1.42. The number of benzene rings is 2. The maximum atomic E-state index is 13.3. The quantitative estimate of drug-likeness (QED) is 0.463. The number of amides is 3. The SMILES string of the molecule is CCc1ccc(C(=O)N2CCCOc3cc(ccc3OC)C3CC(=O)Nc4cc(ccc43)OCCNC(=O)C2)s1. The van der Waals surface area contributed by atoms with Crippen molar-refractivity contribution in [3.8, 4) is 17.2 Å². The zero-order valence-corrected chi connectivity index (χ0v) is 23.5. The monoisotopic (exact) mass is 563 g/mol. The predicted octanol–water partition coefficient (Wildman–Crippen LogP) is 4.21. The molecule has 0 spiro atoms. The van der Waals surface area contributed by atoms with Crippen LogP contribution in [0.1, 0.15) is 51.4 Å². The van der Waals surface area contributed by atoms with E-state index < -0.39 is 0 Å². The number of hydrogen-bond donors (Lipinski definition) is 2. The van der Waals surface area contributed by atoms with Gasteiger partial charge in [0.05, 0.1) is 31.7 Å². The maximum Gasteiger partial charge on any atom is 0.264 e. The van der Waals surface area contributed by atoms with Crippen molar-refractivity contribution in [3.05, 3.63) is 69.4 Å². The molecule has 3 aliphatic heterocycles. The van der Waals surface area contributed by atoms with E-state index >= 15 is 0 Å². The lowest BCUT2D eigenvalue weighted by Crippen LogP contribution is -2.42. The molecule has 210 valence electrons. The van der Waals surface area contributed by atoms with Gasteiger partial charge in [-0.25, -0.2) is 0 Å². The van der Waals surface area contributed by atoms with E-state index in [2.05, 4.69) is 10.6 Å². The molecule has 1 aromatic heterocycles. The zero-order valence-electron chi connectivity index (χ0n) is 22.7. The van der Waals surface area contributed by atoms with E-state index in [1.54, 1.807) is 12.0 Å². The number of ether oxygens (including phenoxy) is 3. The van der Waals surface area contributed by atoms with Gasteiger partial charge in [-0.15, -0.1) is 11.3 Å². The van der Waals surface area contributed by atoms with Crippen molar-refractivity contribution in [1.29, 1.82) is 0 Å². The maximum absolute atomic E-state index is 13.3. The average molecular weight is 564 g/mol. The summed E-state index contributed by atoms with van der Waals surface area (Å²) in [5.41, 5.74) is 2.63. The highest BCUT2D eigenvalue weighted by Crippen LogP contribution is 2.41. The molecule has 0 saturated carbocycles. The number of hydrogen-bond acceptors (Lipinski definition) is 7. The van der Waals surface area contributed by atoms with Gasteiger partial charge in [-0.05, 0) is 54.3 Å². The van der Waals surface area contributed by atoms with Crippen molar-refractivity contribution in [2.24, 2.45) is 0 Å². The molecule has 4 heterocycles. The number of fused-ring (bicyclic) bond motifs is 11. The number of nitrogens with one attached hydrogen (secondary N) is 2. The van der Waals surface area contributed by atoms with Crippen LogP contribution in [0.4, 0.5) is 5.69 Å². The van der Waals surface area contributed by atoms with Crippen LogP contribution in [-0.4, -0.2) is 62.6 Å². The van der Waals surface area contributed by atoms with E-state index in [0.717, 1.165) is 22.4 Å². The highest BCUT2D eigenvalue weighted by Gasteiger charge is 2.28. The summed E-state index contributed by atoms with van der Waals surface area (Å²) in [5.74, 6) is 1.06. The molecule has 0 fully saturated rings. The zero-order chi connectivity index (χ0) is 28.1. The van der Waals surface area contributed by atoms with Crippen molar-refractivity contribution in [2.45, 2.75) is 32.1 Å². The molecular weight excluding hydrogens is 530 g/mol. The highest BCUT2D eigenvalue weighted by atomic mass is 32.1. The normalized spacial score (nSPS) is 17.9. The molecule has 2 aromatic carbocycles. The van der Waals surface area contributed by atoms with E-state index in [9.17, 15) is 14.4 Å². The summed E-state index contributed by atoms with van der Waals surface area (Å²) in [5, 5.41) is 5.79. The Morgan fingerprint density at radius 1 is 1.07 bits per heavy atom. The van der Waals surface area contributed by atoms with Gasteiger partial charge < -0.3 is 29.7 Å². The van der Waals surface area contributed by atoms with Gasteiger partial charge in [0.15, 0.2) is 11.5 Å². The summed E-state index contributed by atoms with van der Waals surface area (Å²) in [6.07, 6.45) is 1.67. The number of thiophene rings is 1. The molecule has 6 bridgehead atoms. The topological polar surface area (TPSA) is 106 Å². The summed E-state index contributed by atoms with van der Waals surface area (Å²) < 4.78 is 17.5. The van der Waals surface area contributed by atoms with Crippen LogP contribution in [0.15, 0.2) is 48.5 Å². The molecule has 40 heavy (non-hydrogen) atoms. The molecule has 3 aromatic rings. The summed E-state index contributed by atoms with van der Waals surface area (Å²) >= 11 is 1.45.